The minimum Gasteiger partial charge on any atom is -0.478 e. The third kappa shape index (κ3) is 2.75. The molecule has 1 saturated carbocycles. The molecule has 0 bridgehead atoms. The number of carbonyl (C=O) groups is 1. The summed E-state index contributed by atoms with van der Waals surface area (Å²) >= 11 is 0. The van der Waals surface area contributed by atoms with Crippen molar-refractivity contribution < 1.29 is 14.3 Å². The molecule has 1 fully saturated rings. The van der Waals surface area contributed by atoms with Crippen LogP contribution < -0.4 is 4.90 Å². The predicted octanol–water partition coefficient (Wildman–Crippen LogP) is 3.02. The van der Waals surface area contributed by atoms with Crippen LogP contribution in [0.25, 0.3) is 0 Å². The highest BCUT2D eigenvalue weighted by molar-refractivity contribution is 5.89. The van der Waals surface area contributed by atoms with Crippen molar-refractivity contribution in [1.29, 1.82) is 5.26 Å². The fraction of sp³-hybridized carbons (Fsp3) is 0.250. The summed E-state index contributed by atoms with van der Waals surface area (Å²) in [5, 5.41) is 18.3. The molecule has 1 aliphatic rings. The molecule has 0 atom stereocenters. The van der Waals surface area contributed by atoms with Gasteiger partial charge in [0.2, 0.25) is 0 Å². The smallest absolute Gasteiger partial charge is 0.335 e. The quantitative estimate of drug-likeness (QED) is 0.912. The van der Waals surface area contributed by atoms with Gasteiger partial charge in [-0.2, -0.15) is 5.26 Å². The van der Waals surface area contributed by atoms with Crippen LogP contribution in [0.1, 0.15) is 34.5 Å². The molecule has 3 rings (SSSR count). The van der Waals surface area contributed by atoms with E-state index in [1.54, 1.807) is 12.3 Å². The van der Waals surface area contributed by atoms with Crippen molar-refractivity contribution in [2.75, 3.05) is 4.90 Å². The molecular weight excluding hydrogens is 268 g/mol. The van der Waals surface area contributed by atoms with Gasteiger partial charge in [-0.3, -0.25) is 0 Å². The van der Waals surface area contributed by atoms with Crippen molar-refractivity contribution in [2.45, 2.75) is 25.4 Å². The summed E-state index contributed by atoms with van der Waals surface area (Å²) in [6.07, 6.45) is 3.78. The fourth-order valence-electron chi connectivity index (χ4n) is 2.38. The number of rotatable bonds is 5. The van der Waals surface area contributed by atoms with E-state index in [9.17, 15) is 10.1 Å². The Morgan fingerprint density at radius 3 is 2.81 bits per heavy atom. The van der Waals surface area contributed by atoms with E-state index >= 15 is 0 Å². The maximum atomic E-state index is 11.0. The summed E-state index contributed by atoms with van der Waals surface area (Å²) < 4.78 is 5.38. The average molecular weight is 282 g/mol. The van der Waals surface area contributed by atoms with E-state index in [1.165, 1.54) is 12.1 Å². The first-order valence-electron chi connectivity index (χ1n) is 6.75. The third-order valence-corrected chi connectivity index (χ3v) is 3.57. The van der Waals surface area contributed by atoms with E-state index < -0.39 is 5.97 Å². The van der Waals surface area contributed by atoms with Gasteiger partial charge in [0, 0.05) is 6.04 Å². The lowest BCUT2D eigenvalue weighted by Gasteiger charge is -2.24. The molecule has 0 amide bonds. The molecule has 0 spiro atoms. The Bertz CT molecular complexity index is 697. The summed E-state index contributed by atoms with van der Waals surface area (Å²) in [4.78, 5) is 13.1. The van der Waals surface area contributed by atoms with Gasteiger partial charge in [0.1, 0.15) is 11.8 Å². The molecule has 1 aliphatic carbocycles. The van der Waals surface area contributed by atoms with Crippen molar-refractivity contribution >= 4 is 11.7 Å². The standard InChI is InChI=1S/C16H14N2O3/c17-9-12-8-11(16(19)20)3-6-15(12)18(13-4-5-13)10-14-2-1-7-21-14/h1-3,6-8,13H,4-5,10H2,(H,19,20). The van der Waals surface area contributed by atoms with Crippen LogP contribution in [0.15, 0.2) is 41.0 Å². The predicted molar refractivity (Wildman–Crippen MR) is 76.0 cm³/mol. The number of aromatic carboxylic acids is 1. The number of nitrogens with zero attached hydrogens (tertiary/aromatic N) is 2. The van der Waals surface area contributed by atoms with E-state index in [4.69, 9.17) is 9.52 Å². The number of anilines is 1. The Morgan fingerprint density at radius 2 is 2.24 bits per heavy atom. The number of hydrogen-bond acceptors (Lipinski definition) is 4. The van der Waals surface area contributed by atoms with Crippen LogP contribution in [-0.4, -0.2) is 17.1 Å². The van der Waals surface area contributed by atoms with Crippen LogP contribution in [0, 0.1) is 11.3 Å². The van der Waals surface area contributed by atoms with Gasteiger partial charge >= 0.3 is 5.97 Å². The molecule has 5 nitrogen and oxygen atoms in total. The fourth-order valence-corrected chi connectivity index (χ4v) is 2.38. The lowest BCUT2D eigenvalue weighted by Crippen LogP contribution is -2.25. The highest BCUT2D eigenvalue weighted by Gasteiger charge is 2.31. The van der Waals surface area contributed by atoms with Gasteiger partial charge in [-0.05, 0) is 43.2 Å². The summed E-state index contributed by atoms with van der Waals surface area (Å²) in [7, 11) is 0. The maximum Gasteiger partial charge on any atom is 0.335 e. The molecule has 0 radical (unpaired) electrons. The minimum absolute atomic E-state index is 0.129. The van der Waals surface area contributed by atoms with Crippen molar-refractivity contribution in [3.8, 4) is 6.07 Å². The highest BCUT2D eigenvalue weighted by Crippen LogP contribution is 2.35. The minimum atomic E-state index is -1.03. The Kier molecular flexibility index (Phi) is 3.36. The zero-order valence-electron chi connectivity index (χ0n) is 11.3. The monoisotopic (exact) mass is 282 g/mol. The molecule has 106 valence electrons. The number of furan rings is 1. The Labute approximate surface area is 122 Å². The van der Waals surface area contributed by atoms with E-state index in [0.717, 1.165) is 24.3 Å². The molecule has 2 aromatic rings. The lowest BCUT2D eigenvalue weighted by atomic mass is 10.1. The van der Waals surface area contributed by atoms with Gasteiger partial charge in [-0.25, -0.2) is 4.79 Å². The summed E-state index contributed by atoms with van der Waals surface area (Å²) in [6, 6.07) is 10.9. The van der Waals surface area contributed by atoms with Crippen molar-refractivity contribution in [1.82, 2.24) is 0 Å². The molecule has 0 aliphatic heterocycles. The van der Waals surface area contributed by atoms with Gasteiger partial charge in [0.05, 0.1) is 29.6 Å². The highest BCUT2D eigenvalue weighted by atomic mass is 16.4. The first kappa shape index (κ1) is 13.3. The second-order valence-electron chi connectivity index (χ2n) is 5.09. The van der Waals surface area contributed by atoms with Crippen LogP contribution >= 0.6 is 0 Å². The van der Waals surface area contributed by atoms with Crippen molar-refractivity contribution in [3.05, 3.63) is 53.5 Å². The molecule has 0 unspecified atom stereocenters. The van der Waals surface area contributed by atoms with E-state index in [1.807, 2.05) is 12.1 Å². The van der Waals surface area contributed by atoms with Crippen LogP contribution in [-0.2, 0) is 6.54 Å². The topological polar surface area (TPSA) is 77.5 Å². The lowest BCUT2D eigenvalue weighted by molar-refractivity contribution is 0.0697. The second-order valence-corrected chi connectivity index (χ2v) is 5.09. The summed E-state index contributed by atoms with van der Waals surface area (Å²) in [5.41, 5.74) is 1.28. The van der Waals surface area contributed by atoms with Crippen molar-refractivity contribution in [2.24, 2.45) is 0 Å². The molecule has 1 aromatic carbocycles. The van der Waals surface area contributed by atoms with E-state index in [0.29, 0.717) is 18.2 Å². The Morgan fingerprint density at radius 1 is 1.43 bits per heavy atom. The number of benzene rings is 1. The number of hydrogen-bond donors (Lipinski definition) is 1. The third-order valence-electron chi connectivity index (χ3n) is 3.57. The molecule has 1 heterocycles. The first-order chi connectivity index (χ1) is 10.2. The van der Waals surface area contributed by atoms with Crippen molar-refractivity contribution in [3.63, 3.8) is 0 Å². The van der Waals surface area contributed by atoms with Gasteiger partial charge in [0.15, 0.2) is 0 Å². The first-order valence-corrected chi connectivity index (χ1v) is 6.75. The summed E-state index contributed by atoms with van der Waals surface area (Å²) in [6.45, 7) is 0.582. The second kappa shape index (κ2) is 5.33. The van der Waals surface area contributed by atoms with Crippen LogP contribution in [0.3, 0.4) is 0 Å². The van der Waals surface area contributed by atoms with Crippen LogP contribution in [0.4, 0.5) is 5.69 Å². The average Bonchev–Trinajstić information content (AvgIpc) is 3.21. The normalized spacial score (nSPS) is 13.7. The Balaban J connectivity index is 1.95. The zero-order chi connectivity index (χ0) is 14.8. The Hall–Kier alpha value is -2.74. The molecule has 1 aromatic heterocycles. The number of carboxylic acid groups (broad SMARTS) is 1. The number of carboxylic acids is 1. The van der Waals surface area contributed by atoms with Gasteiger partial charge in [-0.1, -0.05) is 0 Å². The molecule has 1 N–H and O–H groups in total. The molecule has 0 saturated heterocycles. The van der Waals surface area contributed by atoms with E-state index in [2.05, 4.69) is 11.0 Å². The molecule has 21 heavy (non-hydrogen) atoms. The SMILES string of the molecule is N#Cc1cc(C(=O)O)ccc1N(Cc1ccco1)C1CC1. The van der Waals surface area contributed by atoms with Crippen LogP contribution in [0.2, 0.25) is 0 Å². The molecule has 5 heteroatoms. The zero-order valence-corrected chi connectivity index (χ0v) is 11.3. The molecular formula is C16H14N2O3. The van der Waals surface area contributed by atoms with Gasteiger partial charge in [-0.15, -0.1) is 0 Å². The van der Waals surface area contributed by atoms with Gasteiger partial charge < -0.3 is 14.4 Å². The maximum absolute atomic E-state index is 11.0. The van der Waals surface area contributed by atoms with Crippen LogP contribution in [0.5, 0.6) is 0 Å². The van der Waals surface area contributed by atoms with E-state index in [-0.39, 0.29) is 5.56 Å². The number of nitriles is 1. The largest absolute Gasteiger partial charge is 0.478 e. The van der Waals surface area contributed by atoms with Gasteiger partial charge in [0.25, 0.3) is 0 Å². The summed E-state index contributed by atoms with van der Waals surface area (Å²) in [5.74, 6) is -0.199.